The lowest BCUT2D eigenvalue weighted by Crippen LogP contribution is -2.43. The van der Waals surface area contributed by atoms with Crippen molar-refractivity contribution in [2.24, 2.45) is 10.8 Å². The minimum atomic E-state index is -0.765. The lowest BCUT2D eigenvalue weighted by molar-refractivity contribution is -0.148. The predicted molar refractivity (Wildman–Crippen MR) is 71.9 cm³/mol. The van der Waals surface area contributed by atoms with E-state index in [0.29, 0.717) is 32.5 Å². The molecular formula is C14H24N2O3. The van der Waals surface area contributed by atoms with Gasteiger partial charge in [0.2, 0.25) is 0 Å². The van der Waals surface area contributed by atoms with Crippen LogP contribution in [-0.4, -0.2) is 41.6 Å². The second-order valence-electron chi connectivity index (χ2n) is 6.48. The fraction of sp³-hybridized carbons (Fsp3) is 0.857. The van der Waals surface area contributed by atoms with Crippen LogP contribution in [0.2, 0.25) is 0 Å². The Morgan fingerprint density at radius 2 is 2.00 bits per heavy atom. The molecule has 5 heteroatoms. The second-order valence-corrected chi connectivity index (χ2v) is 6.48. The van der Waals surface area contributed by atoms with Gasteiger partial charge in [0.25, 0.3) is 0 Å². The number of carboxylic acid groups (broad SMARTS) is 1. The molecule has 0 aromatic heterocycles. The summed E-state index contributed by atoms with van der Waals surface area (Å²) < 4.78 is 0. The smallest absolute Gasteiger partial charge is 0.317 e. The van der Waals surface area contributed by atoms with Crippen molar-refractivity contribution in [2.75, 3.05) is 19.6 Å². The Balaban J connectivity index is 1.88. The summed E-state index contributed by atoms with van der Waals surface area (Å²) in [7, 11) is 0. The average Bonchev–Trinajstić information content (AvgIpc) is 2.93. The molecule has 2 fully saturated rings. The molecular weight excluding hydrogens is 244 g/mol. The third-order valence-corrected chi connectivity index (χ3v) is 4.59. The molecule has 108 valence electrons. The Bertz CT molecular complexity index is 379. The summed E-state index contributed by atoms with van der Waals surface area (Å²) >= 11 is 0. The lowest BCUT2D eigenvalue weighted by atomic mass is 9.83. The van der Waals surface area contributed by atoms with Gasteiger partial charge in [-0.1, -0.05) is 20.3 Å². The average molecular weight is 268 g/mol. The van der Waals surface area contributed by atoms with Crippen LogP contribution in [0.1, 0.15) is 46.0 Å². The first kappa shape index (κ1) is 14.2. The standard InChI is InChI=1S/C14H24N2O3/c1-3-4-14(11(17)18)7-8-16(10-14)12(19)15-9-13(2)5-6-13/h3-10H2,1-2H3,(H,15,19)(H,17,18). The van der Waals surface area contributed by atoms with Crippen LogP contribution < -0.4 is 5.32 Å². The van der Waals surface area contributed by atoms with Gasteiger partial charge in [-0.15, -0.1) is 0 Å². The van der Waals surface area contributed by atoms with Crippen molar-refractivity contribution in [3.05, 3.63) is 0 Å². The largest absolute Gasteiger partial charge is 0.481 e. The summed E-state index contributed by atoms with van der Waals surface area (Å²) in [6.45, 7) is 5.75. The summed E-state index contributed by atoms with van der Waals surface area (Å²) in [5, 5.41) is 12.3. The van der Waals surface area contributed by atoms with Crippen molar-refractivity contribution < 1.29 is 14.7 Å². The number of hydrogen-bond donors (Lipinski definition) is 2. The molecule has 5 nitrogen and oxygen atoms in total. The number of aliphatic carboxylic acids is 1. The van der Waals surface area contributed by atoms with Gasteiger partial charge >= 0.3 is 12.0 Å². The normalized spacial score (nSPS) is 28.2. The first-order valence-corrected chi connectivity index (χ1v) is 7.17. The van der Waals surface area contributed by atoms with Gasteiger partial charge in [0.05, 0.1) is 5.41 Å². The summed E-state index contributed by atoms with van der Waals surface area (Å²) in [5.41, 5.74) is -0.446. The number of carboxylic acids is 1. The summed E-state index contributed by atoms with van der Waals surface area (Å²) in [4.78, 5) is 25.2. The SMILES string of the molecule is CCCC1(C(=O)O)CCN(C(=O)NCC2(C)CC2)C1. The first-order valence-electron chi connectivity index (χ1n) is 7.17. The molecule has 1 heterocycles. The molecule has 0 radical (unpaired) electrons. The molecule has 1 saturated carbocycles. The van der Waals surface area contributed by atoms with Crippen molar-refractivity contribution in [1.29, 1.82) is 0 Å². The Morgan fingerprint density at radius 1 is 1.32 bits per heavy atom. The number of hydrogen-bond acceptors (Lipinski definition) is 2. The molecule has 2 rings (SSSR count). The fourth-order valence-electron chi connectivity index (χ4n) is 2.80. The molecule has 1 atom stereocenters. The van der Waals surface area contributed by atoms with Crippen molar-refractivity contribution in [3.63, 3.8) is 0 Å². The van der Waals surface area contributed by atoms with Crippen molar-refractivity contribution in [1.82, 2.24) is 10.2 Å². The van der Waals surface area contributed by atoms with E-state index in [2.05, 4.69) is 12.2 Å². The fourth-order valence-corrected chi connectivity index (χ4v) is 2.80. The lowest BCUT2D eigenvalue weighted by Gasteiger charge is -2.24. The van der Waals surface area contributed by atoms with Crippen LogP contribution >= 0.6 is 0 Å². The predicted octanol–water partition coefficient (Wildman–Crippen LogP) is 2.07. The highest BCUT2D eigenvalue weighted by atomic mass is 16.4. The van der Waals surface area contributed by atoms with E-state index in [4.69, 9.17) is 0 Å². The van der Waals surface area contributed by atoms with Crippen molar-refractivity contribution in [2.45, 2.75) is 46.0 Å². The topological polar surface area (TPSA) is 69.6 Å². The molecule has 1 aliphatic heterocycles. The van der Waals surface area contributed by atoms with Gasteiger partial charge in [-0.05, 0) is 31.1 Å². The van der Waals surface area contributed by atoms with Gasteiger partial charge in [-0.2, -0.15) is 0 Å². The number of likely N-dealkylation sites (tertiary alicyclic amines) is 1. The molecule has 1 unspecified atom stereocenters. The number of urea groups is 1. The van der Waals surface area contributed by atoms with Crippen LogP contribution in [0, 0.1) is 10.8 Å². The molecule has 1 aliphatic carbocycles. The zero-order valence-electron chi connectivity index (χ0n) is 11.9. The van der Waals surface area contributed by atoms with Crippen molar-refractivity contribution >= 4 is 12.0 Å². The van der Waals surface area contributed by atoms with Gasteiger partial charge in [-0.25, -0.2) is 4.79 Å². The van der Waals surface area contributed by atoms with Gasteiger partial charge < -0.3 is 15.3 Å². The van der Waals surface area contributed by atoms with E-state index in [1.807, 2.05) is 6.92 Å². The van der Waals surface area contributed by atoms with Crippen LogP contribution in [0.15, 0.2) is 0 Å². The highest BCUT2D eigenvalue weighted by Gasteiger charge is 2.46. The highest BCUT2D eigenvalue weighted by molar-refractivity contribution is 5.79. The molecule has 0 bridgehead atoms. The molecule has 0 aromatic rings. The highest BCUT2D eigenvalue weighted by Crippen LogP contribution is 2.44. The molecule has 2 amide bonds. The molecule has 0 aromatic carbocycles. The van der Waals surface area contributed by atoms with E-state index in [9.17, 15) is 14.7 Å². The Morgan fingerprint density at radius 3 is 2.53 bits per heavy atom. The van der Waals surface area contributed by atoms with Crippen LogP contribution in [0.25, 0.3) is 0 Å². The zero-order valence-corrected chi connectivity index (χ0v) is 11.9. The minimum absolute atomic E-state index is 0.104. The quantitative estimate of drug-likeness (QED) is 0.802. The van der Waals surface area contributed by atoms with E-state index >= 15 is 0 Å². The Hall–Kier alpha value is -1.26. The van der Waals surface area contributed by atoms with Crippen molar-refractivity contribution in [3.8, 4) is 0 Å². The van der Waals surface area contributed by atoms with Crippen LogP contribution in [-0.2, 0) is 4.79 Å². The van der Waals surface area contributed by atoms with E-state index in [-0.39, 0.29) is 11.4 Å². The number of nitrogens with one attached hydrogen (secondary N) is 1. The van der Waals surface area contributed by atoms with Crippen LogP contribution in [0.3, 0.4) is 0 Å². The summed E-state index contributed by atoms with van der Waals surface area (Å²) in [6, 6.07) is -0.104. The van der Waals surface area contributed by atoms with E-state index in [0.717, 1.165) is 6.42 Å². The zero-order chi connectivity index (χ0) is 14.1. The van der Waals surface area contributed by atoms with Gasteiger partial charge in [-0.3, -0.25) is 4.79 Å². The Kier molecular flexibility index (Phi) is 3.74. The number of carbonyl (C=O) groups excluding carboxylic acids is 1. The summed E-state index contributed by atoms with van der Waals surface area (Å²) in [6.07, 6.45) is 4.38. The molecule has 1 saturated heterocycles. The summed E-state index contributed by atoms with van der Waals surface area (Å²) in [5.74, 6) is -0.765. The van der Waals surface area contributed by atoms with E-state index in [1.54, 1.807) is 4.90 Å². The molecule has 19 heavy (non-hydrogen) atoms. The number of amides is 2. The van der Waals surface area contributed by atoms with E-state index < -0.39 is 11.4 Å². The van der Waals surface area contributed by atoms with Crippen LogP contribution in [0.5, 0.6) is 0 Å². The van der Waals surface area contributed by atoms with Gasteiger partial charge in [0.1, 0.15) is 0 Å². The maximum absolute atomic E-state index is 12.1. The number of nitrogens with zero attached hydrogens (tertiary/aromatic N) is 1. The van der Waals surface area contributed by atoms with Gasteiger partial charge in [0, 0.05) is 19.6 Å². The maximum Gasteiger partial charge on any atom is 0.317 e. The van der Waals surface area contributed by atoms with Crippen LogP contribution in [0.4, 0.5) is 4.79 Å². The van der Waals surface area contributed by atoms with E-state index in [1.165, 1.54) is 12.8 Å². The molecule has 2 N–H and O–H groups in total. The third-order valence-electron chi connectivity index (χ3n) is 4.59. The minimum Gasteiger partial charge on any atom is -0.481 e. The molecule has 0 spiro atoms. The monoisotopic (exact) mass is 268 g/mol. The third kappa shape index (κ3) is 3.01. The number of rotatable bonds is 5. The second kappa shape index (κ2) is 5.02. The molecule has 2 aliphatic rings. The number of carbonyl (C=O) groups is 2. The van der Waals surface area contributed by atoms with Gasteiger partial charge in [0.15, 0.2) is 0 Å². The maximum atomic E-state index is 12.1. The first-order chi connectivity index (χ1) is 8.91. The Labute approximate surface area is 114 Å².